The van der Waals surface area contributed by atoms with Crippen molar-refractivity contribution in [3.05, 3.63) is 28.2 Å². The molecule has 1 N–H and O–H groups in total. The molecule has 0 aromatic heterocycles. The van der Waals surface area contributed by atoms with Crippen LogP contribution in [0, 0.1) is 0 Å². The Hall–Kier alpha value is -0.580. The van der Waals surface area contributed by atoms with E-state index >= 15 is 0 Å². The maximum atomic E-state index is 9.69. The largest absolute Gasteiger partial charge is 0.389 e. The molecule has 1 unspecified atom stereocenters. The topological polar surface area (TPSA) is 26.7 Å². The standard InChI is InChI=1S/C16H25BrN2O/c1-4-14-11-18(3)8-5-9-19(14)16-7-6-13(12(2)20)10-15(16)17/h6-7,10,12,14,20H,4-5,8-9,11H2,1-3H3/t12-,14?/m1/s1. The van der Waals surface area contributed by atoms with E-state index < -0.39 is 6.10 Å². The molecule has 2 rings (SSSR count). The van der Waals surface area contributed by atoms with Crippen LogP contribution in [0.5, 0.6) is 0 Å². The first kappa shape index (κ1) is 15.8. The molecule has 4 heteroatoms. The number of hydrogen-bond donors (Lipinski definition) is 1. The predicted molar refractivity (Wildman–Crippen MR) is 88.3 cm³/mol. The smallest absolute Gasteiger partial charge is 0.0762 e. The lowest BCUT2D eigenvalue weighted by Gasteiger charge is -2.33. The fourth-order valence-corrected chi connectivity index (χ4v) is 3.55. The molecule has 1 aliphatic heterocycles. The highest BCUT2D eigenvalue weighted by molar-refractivity contribution is 9.10. The average Bonchev–Trinajstić information content (AvgIpc) is 2.60. The summed E-state index contributed by atoms with van der Waals surface area (Å²) >= 11 is 3.68. The third kappa shape index (κ3) is 3.54. The third-order valence-corrected chi connectivity index (χ3v) is 4.77. The highest BCUT2D eigenvalue weighted by Crippen LogP contribution is 2.32. The van der Waals surface area contributed by atoms with Crippen LogP contribution in [0.25, 0.3) is 0 Å². The molecular weight excluding hydrogens is 316 g/mol. The summed E-state index contributed by atoms with van der Waals surface area (Å²) in [7, 11) is 2.21. The lowest BCUT2D eigenvalue weighted by Crippen LogP contribution is -2.40. The van der Waals surface area contributed by atoms with Gasteiger partial charge in [-0.05, 0) is 67.0 Å². The number of halogens is 1. The van der Waals surface area contributed by atoms with Crippen LogP contribution in [-0.4, -0.2) is 42.7 Å². The van der Waals surface area contributed by atoms with Gasteiger partial charge in [0.2, 0.25) is 0 Å². The molecular formula is C16H25BrN2O. The van der Waals surface area contributed by atoms with Crippen molar-refractivity contribution in [2.24, 2.45) is 0 Å². The van der Waals surface area contributed by atoms with Gasteiger partial charge in [0, 0.05) is 23.6 Å². The molecule has 1 fully saturated rings. The minimum atomic E-state index is -0.419. The molecule has 0 bridgehead atoms. The molecule has 0 aliphatic carbocycles. The van der Waals surface area contributed by atoms with Crippen molar-refractivity contribution < 1.29 is 5.11 Å². The van der Waals surface area contributed by atoms with Gasteiger partial charge in [-0.15, -0.1) is 0 Å². The number of aliphatic hydroxyl groups excluding tert-OH is 1. The minimum Gasteiger partial charge on any atom is -0.389 e. The summed E-state index contributed by atoms with van der Waals surface area (Å²) in [5.74, 6) is 0. The molecule has 1 aromatic rings. The molecule has 0 radical (unpaired) electrons. The Balaban J connectivity index is 2.28. The third-order valence-electron chi connectivity index (χ3n) is 4.14. The minimum absolute atomic E-state index is 0.419. The lowest BCUT2D eigenvalue weighted by atomic mass is 10.1. The van der Waals surface area contributed by atoms with Crippen molar-refractivity contribution in [3.8, 4) is 0 Å². The fourth-order valence-electron chi connectivity index (χ4n) is 2.93. The summed E-state index contributed by atoms with van der Waals surface area (Å²) < 4.78 is 1.08. The summed E-state index contributed by atoms with van der Waals surface area (Å²) in [6.07, 6.45) is 1.92. The quantitative estimate of drug-likeness (QED) is 0.913. The summed E-state index contributed by atoms with van der Waals surface area (Å²) in [5, 5.41) is 9.69. The van der Waals surface area contributed by atoms with Gasteiger partial charge in [0.25, 0.3) is 0 Å². The van der Waals surface area contributed by atoms with Gasteiger partial charge < -0.3 is 14.9 Å². The number of anilines is 1. The van der Waals surface area contributed by atoms with E-state index in [1.807, 2.05) is 12.1 Å². The highest BCUT2D eigenvalue weighted by Gasteiger charge is 2.23. The van der Waals surface area contributed by atoms with Crippen molar-refractivity contribution in [1.29, 1.82) is 0 Å². The molecule has 1 heterocycles. The van der Waals surface area contributed by atoms with Crippen LogP contribution >= 0.6 is 15.9 Å². The highest BCUT2D eigenvalue weighted by atomic mass is 79.9. The zero-order valence-electron chi connectivity index (χ0n) is 12.6. The average molecular weight is 341 g/mol. The number of nitrogens with zero attached hydrogens (tertiary/aromatic N) is 2. The Morgan fingerprint density at radius 2 is 2.15 bits per heavy atom. The van der Waals surface area contributed by atoms with Crippen LogP contribution < -0.4 is 4.90 Å². The van der Waals surface area contributed by atoms with E-state index in [2.05, 4.69) is 45.8 Å². The molecule has 1 aromatic carbocycles. The molecule has 20 heavy (non-hydrogen) atoms. The van der Waals surface area contributed by atoms with Gasteiger partial charge in [-0.25, -0.2) is 0 Å². The number of aliphatic hydroxyl groups is 1. The van der Waals surface area contributed by atoms with Gasteiger partial charge in [0.15, 0.2) is 0 Å². The second kappa shape index (κ2) is 6.92. The Labute approximate surface area is 130 Å². The van der Waals surface area contributed by atoms with Crippen LogP contribution in [0.1, 0.15) is 38.4 Å². The van der Waals surface area contributed by atoms with Gasteiger partial charge in [-0.1, -0.05) is 13.0 Å². The molecule has 0 spiro atoms. The molecule has 112 valence electrons. The second-order valence-electron chi connectivity index (χ2n) is 5.76. The summed E-state index contributed by atoms with van der Waals surface area (Å²) in [6, 6.07) is 6.77. The number of hydrogen-bond acceptors (Lipinski definition) is 3. The fraction of sp³-hybridized carbons (Fsp3) is 0.625. The zero-order chi connectivity index (χ0) is 14.7. The van der Waals surface area contributed by atoms with Crippen molar-refractivity contribution in [3.63, 3.8) is 0 Å². The molecule has 3 nitrogen and oxygen atoms in total. The van der Waals surface area contributed by atoms with Crippen LogP contribution in [0.15, 0.2) is 22.7 Å². The Kier molecular flexibility index (Phi) is 5.47. The second-order valence-corrected chi connectivity index (χ2v) is 6.61. The van der Waals surface area contributed by atoms with Crippen LogP contribution in [0.2, 0.25) is 0 Å². The first-order valence-corrected chi connectivity index (χ1v) is 8.25. The zero-order valence-corrected chi connectivity index (χ0v) is 14.2. The van der Waals surface area contributed by atoms with Crippen LogP contribution in [0.3, 0.4) is 0 Å². The summed E-state index contributed by atoms with van der Waals surface area (Å²) in [5.41, 5.74) is 2.21. The first-order chi connectivity index (χ1) is 9.52. The summed E-state index contributed by atoms with van der Waals surface area (Å²) in [6.45, 7) is 7.43. The maximum absolute atomic E-state index is 9.69. The summed E-state index contributed by atoms with van der Waals surface area (Å²) in [4.78, 5) is 4.94. The van der Waals surface area contributed by atoms with Crippen molar-refractivity contribution in [2.75, 3.05) is 31.6 Å². The van der Waals surface area contributed by atoms with E-state index in [0.29, 0.717) is 6.04 Å². The van der Waals surface area contributed by atoms with E-state index in [0.717, 1.165) is 36.1 Å². The number of rotatable bonds is 3. The normalized spacial score (nSPS) is 22.6. The SMILES string of the molecule is CCC1CN(C)CCCN1c1ccc([C@@H](C)O)cc1Br. The van der Waals surface area contributed by atoms with Gasteiger partial charge in [0.05, 0.1) is 11.8 Å². The Morgan fingerprint density at radius 3 is 2.75 bits per heavy atom. The van der Waals surface area contributed by atoms with Crippen LogP contribution in [0.4, 0.5) is 5.69 Å². The van der Waals surface area contributed by atoms with Gasteiger partial charge in [0.1, 0.15) is 0 Å². The van der Waals surface area contributed by atoms with E-state index in [-0.39, 0.29) is 0 Å². The van der Waals surface area contributed by atoms with Crippen molar-refractivity contribution >= 4 is 21.6 Å². The maximum Gasteiger partial charge on any atom is 0.0762 e. The number of likely N-dealkylation sites (N-methyl/N-ethyl adjacent to an activating group) is 1. The van der Waals surface area contributed by atoms with Gasteiger partial charge in [-0.3, -0.25) is 0 Å². The molecule has 0 saturated carbocycles. The molecule has 1 saturated heterocycles. The van der Waals surface area contributed by atoms with E-state index in [9.17, 15) is 5.11 Å². The monoisotopic (exact) mass is 340 g/mol. The van der Waals surface area contributed by atoms with E-state index in [4.69, 9.17) is 0 Å². The van der Waals surface area contributed by atoms with E-state index in [1.54, 1.807) is 6.92 Å². The Morgan fingerprint density at radius 1 is 1.40 bits per heavy atom. The predicted octanol–water partition coefficient (Wildman–Crippen LogP) is 3.42. The lowest BCUT2D eigenvalue weighted by molar-refractivity contribution is 0.199. The van der Waals surface area contributed by atoms with Gasteiger partial charge in [-0.2, -0.15) is 0 Å². The first-order valence-electron chi connectivity index (χ1n) is 7.45. The van der Waals surface area contributed by atoms with E-state index in [1.165, 1.54) is 12.1 Å². The molecule has 0 amide bonds. The Bertz CT molecular complexity index is 450. The number of benzene rings is 1. The van der Waals surface area contributed by atoms with Crippen molar-refractivity contribution in [1.82, 2.24) is 4.90 Å². The molecule has 2 atom stereocenters. The van der Waals surface area contributed by atoms with Crippen molar-refractivity contribution in [2.45, 2.75) is 38.8 Å². The van der Waals surface area contributed by atoms with Gasteiger partial charge >= 0.3 is 0 Å². The van der Waals surface area contributed by atoms with Crippen LogP contribution in [-0.2, 0) is 0 Å². The molecule has 1 aliphatic rings.